The zero-order chi connectivity index (χ0) is 13.0. The molecule has 18 heavy (non-hydrogen) atoms. The van der Waals surface area contributed by atoms with Gasteiger partial charge in [0.25, 0.3) is 11.7 Å². The number of anilines is 1. The number of hydrogen-bond donors (Lipinski definition) is 2. The number of aromatic nitrogens is 4. The van der Waals surface area contributed by atoms with Crippen LogP contribution in [0, 0.1) is 0 Å². The third kappa shape index (κ3) is 2.37. The number of para-hydroxylation sites is 1. The Morgan fingerprint density at radius 2 is 1.94 bits per heavy atom. The second-order valence-electron chi connectivity index (χ2n) is 3.85. The van der Waals surface area contributed by atoms with Gasteiger partial charge in [-0.05, 0) is 29.2 Å². The number of rotatable bonds is 4. The van der Waals surface area contributed by atoms with E-state index in [9.17, 15) is 4.79 Å². The van der Waals surface area contributed by atoms with Crippen LogP contribution >= 0.6 is 0 Å². The topological polar surface area (TPSA) is 83.6 Å². The normalized spacial score (nSPS) is 10.3. The van der Waals surface area contributed by atoms with Gasteiger partial charge in [-0.15, -0.1) is 10.2 Å². The van der Waals surface area contributed by atoms with E-state index in [1.807, 2.05) is 18.2 Å². The van der Waals surface area contributed by atoms with Crippen molar-refractivity contribution in [2.24, 2.45) is 0 Å². The van der Waals surface area contributed by atoms with Gasteiger partial charge in [0.1, 0.15) is 0 Å². The molecular weight excluding hydrogens is 230 g/mol. The van der Waals surface area contributed by atoms with Gasteiger partial charge in [-0.2, -0.15) is 5.21 Å². The molecule has 2 aromatic rings. The fraction of sp³-hybridized carbons (Fsp3) is 0.333. The van der Waals surface area contributed by atoms with Crippen LogP contribution in [0.5, 0.6) is 0 Å². The Balaban J connectivity index is 2.30. The summed E-state index contributed by atoms with van der Waals surface area (Å²) in [6.45, 7) is 4.11. The smallest absolute Gasteiger partial charge is 0.297 e. The largest absolute Gasteiger partial charge is 0.319 e. The van der Waals surface area contributed by atoms with Gasteiger partial charge < -0.3 is 5.32 Å². The van der Waals surface area contributed by atoms with Gasteiger partial charge in [-0.25, -0.2) is 0 Å². The molecule has 0 saturated carbocycles. The van der Waals surface area contributed by atoms with Crippen molar-refractivity contribution in [1.29, 1.82) is 0 Å². The quantitative estimate of drug-likeness (QED) is 0.856. The molecule has 0 aliphatic carbocycles. The van der Waals surface area contributed by atoms with Crippen LogP contribution < -0.4 is 5.32 Å². The van der Waals surface area contributed by atoms with Crippen LogP contribution in [0.15, 0.2) is 18.2 Å². The van der Waals surface area contributed by atoms with Crippen molar-refractivity contribution in [1.82, 2.24) is 20.6 Å². The van der Waals surface area contributed by atoms with Gasteiger partial charge in [0.2, 0.25) is 0 Å². The molecule has 0 aliphatic rings. The Morgan fingerprint density at radius 1 is 1.28 bits per heavy atom. The van der Waals surface area contributed by atoms with Crippen LogP contribution in [0.1, 0.15) is 35.6 Å². The highest BCUT2D eigenvalue weighted by Gasteiger charge is 2.14. The number of nitrogens with zero attached hydrogens (tertiary/aromatic N) is 3. The standard InChI is InChI=1S/C12H15N5O/c1-3-8-6-5-7-9(4-2)10(8)13-12(18)11-14-16-17-15-11/h5-7H,3-4H2,1-2H3,(H,13,18)(H,14,15,16,17). The summed E-state index contributed by atoms with van der Waals surface area (Å²) >= 11 is 0. The van der Waals surface area contributed by atoms with E-state index in [2.05, 4.69) is 39.8 Å². The molecule has 0 radical (unpaired) electrons. The van der Waals surface area contributed by atoms with E-state index in [0.29, 0.717) is 0 Å². The number of benzene rings is 1. The molecule has 1 heterocycles. The minimum atomic E-state index is -0.348. The molecule has 0 bridgehead atoms. The van der Waals surface area contributed by atoms with Gasteiger partial charge >= 0.3 is 0 Å². The number of carbonyl (C=O) groups is 1. The third-order valence-electron chi connectivity index (χ3n) is 2.79. The van der Waals surface area contributed by atoms with E-state index in [4.69, 9.17) is 0 Å². The highest BCUT2D eigenvalue weighted by molar-refractivity contribution is 6.02. The van der Waals surface area contributed by atoms with Crippen molar-refractivity contribution >= 4 is 11.6 Å². The van der Waals surface area contributed by atoms with E-state index in [1.54, 1.807) is 0 Å². The molecule has 0 fully saturated rings. The number of hydrogen-bond acceptors (Lipinski definition) is 4. The number of H-pyrrole nitrogens is 1. The highest BCUT2D eigenvalue weighted by Crippen LogP contribution is 2.22. The molecule has 6 nitrogen and oxygen atoms in total. The first-order valence-electron chi connectivity index (χ1n) is 5.91. The highest BCUT2D eigenvalue weighted by atomic mass is 16.2. The zero-order valence-corrected chi connectivity index (χ0v) is 10.4. The lowest BCUT2D eigenvalue weighted by molar-refractivity contribution is 0.101. The number of aromatic amines is 1. The first-order valence-corrected chi connectivity index (χ1v) is 5.91. The summed E-state index contributed by atoms with van der Waals surface area (Å²) in [4.78, 5) is 11.9. The molecule has 0 spiro atoms. The van der Waals surface area contributed by atoms with Crippen LogP contribution in [0.2, 0.25) is 0 Å². The average molecular weight is 245 g/mol. The fourth-order valence-electron chi connectivity index (χ4n) is 1.83. The fourth-order valence-corrected chi connectivity index (χ4v) is 1.83. The number of carbonyl (C=O) groups excluding carboxylic acids is 1. The molecule has 0 unspecified atom stereocenters. The van der Waals surface area contributed by atoms with E-state index >= 15 is 0 Å². The molecule has 6 heteroatoms. The van der Waals surface area contributed by atoms with Crippen molar-refractivity contribution in [2.45, 2.75) is 26.7 Å². The number of tetrazole rings is 1. The second-order valence-corrected chi connectivity index (χ2v) is 3.85. The number of nitrogens with one attached hydrogen (secondary N) is 2. The summed E-state index contributed by atoms with van der Waals surface area (Å²) in [6.07, 6.45) is 1.71. The minimum absolute atomic E-state index is 0.0444. The minimum Gasteiger partial charge on any atom is -0.319 e. The molecular formula is C12H15N5O. The monoisotopic (exact) mass is 245 g/mol. The Kier molecular flexibility index (Phi) is 3.66. The Labute approximate surface area is 105 Å². The third-order valence-corrected chi connectivity index (χ3v) is 2.79. The predicted octanol–water partition coefficient (Wildman–Crippen LogP) is 1.58. The second kappa shape index (κ2) is 5.39. The molecule has 1 amide bonds. The van der Waals surface area contributed by atoms with Crippen molar-refractivity contribution in [2.75, 3.05) is 5.32 Å². The SMILES string of the molecule is CCc1cccc(CC)c1NC(=O)c1nn[nH]n1. The summed E-state index contributed by atoms with van der Waals surface area (Å²) in [5.74, 6) is -0.303. The predicted molar refractivity (Wildman–Crippen MR) is 67.3 cm³/mol. The van der Waals surface area contributed by atoms with Gasteiger partial charge in [0, 0.05) is 5.69 Å². The maximum atomic E-state index is 11.9. The van der Waals surface area contributed by atoms with Crippen molar-refractivity contribution in [3.05, 3.63) is 35.2 Å². The lowest BCUT2D eigenvalue weighted by Gasteiger charge is -2.13. The maximum absolute atomic E-state index is 11.9. The first-order chi connectivity index (χ1) is 8.76. The molecule has 2 rings (SSSR count). The first kappa shape index (κ1) is 12.2. The van der Waals surface area contributed by atoms with Gasteiger partial charge in [-0.3, -0.25) is 4.79 Å². The Morgan fingerprint density at radius 3 is 2.44 bits per heavy atom. The molecule has 1 aromatic carbocycles. The number of amides is 1. The van der Waals surface area contributed by atoms with Crippen LogP contribution in [0.25, 0.3) is 0 Å². The lowest BCUT2D eigenvalue weighted by Crippen LogP contribution is -2.16. The van der Waals surface area contributed by atoms with Crippen LogP contribution in [0.3, 0.4) is 0 Å². The molecule has 1 aromatic heterocycles. The average Bonchev–Trinajstić information content (AvgIpc) is 2.93. The summed E-state index contributed by atoms with van der Waals surface area (Å²) in [5, 5.41) is 15.8. The zero-order valence-electron chi connectivity index (χ0n) is 10.4. The Hall–Kier alpha value is -2.24. The van der Waals surface area contributed by atoms with E-state index in [1.165, 1.54) is 0 Å². The van der Waals surface area contributed by atoms with Crippen LogP contribution in [0.4, 0.5) is 5.69 Å². The van der Waals surface area contributed by atoms with E-state index in [-0.39, 0.29) is 11.7 Å². The van der Waals surface area contributed by atoms with Crippen LogP contribution in [-0.4, -0.2) is 26.5 Å². The summed E-state index contributed by atoms with van der Waals surface area (Å²) in [7, 11) is 0. The summed E-state index contributed by atoms with van der Waals surface area (Å²) in [6, 6.07) is 6.01. The lowest BCUT2D eigenvalue weighted by atomic mass is 10.0. The Bertz CT molecular complexity index is 513. The molecule has 94 valence electrons. The molecule has 0 aliphatic heterocycles. The van der Waals surface area contributed by atoms with Crippen molar-refractivity contribution in [3.8, 4) is 0 Å². The van der Waals surface area contributed by atoms with Crippen molar-refractivity contribution in [3.63, 3.8) is 0 Å². The molecule has 0 saturated heterocycles. The van der Waals surface area contributed by atoms with Gasteiger partial charge in [0.05, 0.1) is 0 Å². The van der Waals surface area contributed by atoms with E-state index < -0.39 is 0 Å². The summed E-state index contributed by atoms with van der Waals surface area (Å²) in [5.41, 5.74) is 3.06. The molecule has 0 atom stereocenters. The van der Waals surface area contributed by atoms with Gasteiger partial charge in [0.15, 0.2) is 0 Å². The number of aryl methyl sites for hydroxylation is 2. The maximum Gasteiger partial charge on any atom is 0.297 e. The van der Waals surface area contributed by atoms with Crippen LogP contribution in [-0.2, 0) is 12.8 Å². The molecule has 2 N–H and O–H groups in total. The van der Waals surface area contributed by atoms with Crippen molar-refractivity contribution < 1.29 is 4.79 Å². The van der Waals surface area contributed by atoms with Gasteiger partial charge in [-0.1, -0.05) is 32.0 Å². The van der Waals surface area contributed by atoms with E-state index in [0.717, 1.165) is 29.7 Å². The summed E-state index contributed by atoms with van der Waals surface area (Å²) < 4.78 is 0.